The molecule has 4 nitrogen and oxygen atoms in total. The Hall–Kier alpha value is -7.56. The molecular formula is C52H31NO3. The molecule has 0 spiro atoms. The average Bonchev–Trinajstić information content (AvgIpc) is 3.96. The van der Waals surface area contributed by atoms with Gasteiger partial charge in [0.25, 0.3) is 0 Å². The number of furan rings is 3. The van der Waals surface area contributed by atoms with Gasteiger partial charge in [0.15, 0.2) is 0 Å². The van der Waals surface area contributed by atoms with E-state index >= 15 is 0 Å². The van der Waals surface area contributed by atoms with E-state index in [-0.39, 0.29) is 0 Å². The predicted molar refractivity (Wildman–Crippen MR) is 231 cm³/mol. The van der Waals surface area contributed by atoms with Gasteiger partial charge in [-0.25, -0.2) is 0 Å². The zero-order chi connectivity index (χ0) is 36.7. The van der Waals surface area contributed by atoms with Crippen LogP contribution in [0.4, 0.5) is 17.1 Å². The highest BCUT2D eigenvalue weighted by molar-refractivity contribution is 6.28. The normalized spacial score (nSPS) is 11.9. The van der Waals surface area contributed by atoms with Crippen LogP contribution < -0.4 is 4.90 Å². The van der Waals surface area contributed by atoms with Crippen LogP contribution in [0.2, 0.25) is 0 Å². The summed E-state index contributed by atoms with van der Waals surface area (Å²) in [6, 6.07) is 65.9. The Balaban J connectivity index is 1.06. The molecule has 262 valence electrons. The molecule has 0 N–H and O–H groups in total. The van der Waals surface area contributed by atoms with Crippen molar-refractivity contribution in [2.75, 3.05) is 4.90 Å². The Kier molecular flexibility index (Phi) is 6.60. The van der Waals surface area contributed by atoms with Crippen LogP contribution in [0.25, 0.3) is 98.8 Å². The fourth-order valence-corrected chi connectivity index (χ4v) is 8.73. The molecule has 0 unspecified atom stereocenters. The topological polar surface area (TPSA) is 42.7 Å². The van der Waals surface area contributed by atoms with Crippen LogP contribution in [-0.4, -0.2) is 0 Å². The third-order valence-electron chi connectivity index (χ3n) is 11.3. The Labute approximate surface area is 321 Å². The molecule has 4 heteroatoms. The maximum Gasteiger partial charge on any atom is 0.143 e. The Morgan fingerprint density at radius 3 is 1.38 bits per heavy atom. The number of nitrogens with zero attached hydrogens (tertiary/aromatic N) is 1. The van der Waals surface area contributed by atoms with E-state index in [1.807, 2.05) is 24.3 Å². The van der Waals surface area contributed by atoms with E-state index in [4.69, 9.17) is 13.3 Å². The van der Waals surface area contributed by atoms with Gasteiger partial charge in [-0.05, 0) is 82.4 Å². The van der Waals surface area contributed by atoms with Gasteiger partial charge in [-0.2, -0.15) is 0 Å². The Morgan fingerprint density at radius 1 is 0.304 bits per heavy atom. The average molecular weight is 718 g/mol. The summed E-state index contributed by atoms with van der Waals surface area (Å²) in [6.07, 6.45) is 0. The lowest BCUT2D eigenvalue weighted by molar-refractivity contribution is 0.636. The molecule has 9 aromatic carbocycles. The number of hydrogen-bond acceptors (Lipinski definition) is 4. The van der Waals surface area contributed by atoms with Crippen LogP contribution in [-0.2, 0) is 0 Å². The van der Waals surface area contributed by atoms with Crippen LogP contribution in [0.15, 0.2) is 201 Å². The lowest BCUT2D eigenvalue weighted by Gasteiger charge is -2.25. The third kappa shape index (κ3) is 4.60. The van der Waals surface area contributed by atoms with Gasteiger partial charge in [0.05, 0.1) is 0 Å². The number of hydrogen-bond donors (Lipinski definition) is 0. The van der Waals surface area contributed by atoms with Crippen molar-refractivity contribution in [3.8, 4) is 22.5 Å². The van der Waals surface area contributed by atoms with Gasteiger partial charge in [0.1, 0.15) is 33.7 Å². The highest BCUT2D eigenvalue weighted by Gasteiger charge is 2.24. The SMILES string of the molecule is c1ccc(-c2c(-c3ccc(N(c4ccc5c(c4)oc4ccccc45)c4ccc5c(c4)oc4ccccc45)cc3)oc3c4ccccc4c4ccccc4c23)cc1. The van der Waals surface area contributed by atoms with Crippen molar-refractivity contribution in [3.05, 3.63) is 188 Å². The summed E-state index contributed by atoms with van der Waals surface area (Å²) in [5.41, 5.74) is 10.5. The van der Waals surface area contributed by atoms with Gasteiger partial charge in [-0.3, -0.25) is 0 Å². The van der Waals surface area contributed by atoms with Crippen molar-refractivity contribution in [2.24, 2.45) is 0 Å². The maximum absolute atomic E-state index is 7.05. The lowest BCUT2D eigenvalue weighted by atomic mass is 9.92. The van der Waals surface area contributed by atoms with E-state index in [1.54, 1.807) is 0 Å². The predicted octanol–water partition coefficient (Wildman–Crippen LogP) is 15.3. The summed E-state index contributed by atoms with van der Waals surface area (Å²) < 4.78 is 19.8. The van der Waals surface area contributed by atoms with E-state index in [0.29, 0.717) is 0 Å². The molecule has 0 aliphatic heterocycles. The van der Waals surface area contributed by atoms with E-state index in [0.717, 1.165) is 99.7 Å². The second-order valence-electron chi connectivity index (χ2n) is 14.4. The molecule has 0 saturated heterocycles. The third-order valence-corrected chi connectivity index (χ3v) is 11.3. The fraction of sp³-hybridized carbons (Fsp3) is 0. The highest BCUT2D eigenvalue weighted by atomic mass is 16.3. The first kappa shape index (κ1) is 30.9. The zero-order valence-electron chi connectivity index (χ0n) is 30.1. The quantitative estimate of drug-likeness (QED) is 0.166. The molecule has 0 fully saturated rings. The van der Waals surface area contributed by atoms with Crippen molar-refractivity contribution in [1.82, 2.24) is 0 Å². The van der Waals surface area contributed by atoms with E-state index in [1.165, 1.54) is 16.2 Å². The largest absolute Gasteiger partial charge is 0.456 e. The van der Waals surface area contributed by atoms with E-state index < -0.39 is 0 Å². The first-order valence-corrected chi connectivity index (χ1v) is 18.9. The van der Waals surface area contributed by atoms with Crippen molar-refractivity contribution >= 4 is 93.5 Å². The summed E-state index contributed by atoms with van der Waals surface area (Å²) in [5, 5.41) is 10.2. The van der Waals surface area contributed by atoms with Crippen LogP contribution in [0.3, 0.4) is 0 Å². The van der Waals surface area contributed by atoms with Crippen molar-refractivity contribution < 1.29 is 13.3 Å². The molecular weight excluding hydrogens is 687 g/mol. The van der Waals surface area contributed by atoms with Gasteiger partial charge >= 0.3 is 0 Å². The molecule has 0 bridgehead atoms. The van der Waals surface area contributed by atoms with Crippen molar-refractivity contribution in [1.29, 1.82) is 0 Å². The highest BCUT2D eigenvalue weighted by Crippen LogP contribution is 2.48. The summed E-state index contributed by atoms with van der Waals surface area (Å²) >= 11 is 0. The number of fused-ring (bicyclic) bond motifs is 12. The van der Waals surface area contributed by atoms with Crippen LogP contribution in [0.5, 0.6) is 0 Å². The fourth-order valence-electron chi connectivity index (χ4n) is 8.73. The number of para-hydroxylation sites is 2. The molecule has 0 saturated carbocycles. The first-order chi connectivity index (χ1) is 27.8. The smallest absolute Gasteiger partial charge is 0.143 e. The molecule has 0 aliphatic rings. The minimum atomic E-state index is 0.837. The number of anilines is 3. The molecule has 3 aromatic heterocycles. The van der Waals surface area contributed by atoms with Gasteiger partial charge < -0.3 is 18.2 Å². The Bertz CT molecular complexity index is 3360. The monoisotopic (exact) mass is 717 g/mol. The minimum Gasteiger partial charge on any atom is -0.456 e. The van der Waals surface area contributed by atoms with Gasteiger partial charge in [-0.1, -0.05) is 115 Å². The molecule has 0 amide bonds. The van der Waals surface area contributed by atoms with Crippen LogP contribution >= 0.6 is 0 Å². The minimum absolute atomic E-state index is 0.837. The molecule has 0 atom stereocenters. The standard InChI is InChI=1S/C52H31NO3/c1-2-12-32(13-3-1)49-50-43-18-6-4-14-37(43)38-15-5-7-19-44(38)52(50)56-51(49)33-22-24-34(25-23-33)53(35-26-28-41-39-16-8-10-20-45(39)54-47(41)30-35)36-27-29-42-40-17-9-11-21-46(40)55-48(42)31-36/h1-31H. The van der Waals surface area contributed by atoms with Crippen LogP contribution in [0.1, 0.15) is 0 Å². The lowest BCUT2D eigenvalue weighted by Crippen LogP contribution is -2.09. The molecule has 0 radical (unpaired) electrons. The molecule has 0 aliphatic carbocycles. The van der Waals surface area contributed by atoms with E-state index in [9.17, 15) is 0 Å². The second-order valence-corrected chi connectivity index (χ2v) is 14.4. The van der Waals surface area contributed by atoms with Crippen LogP contribution in [0, 0.1) is 0 Å². The summed E-state index contributed by atoms with van der Waals surface area (Å²) in [4.78, 5) is 2.26. The summed E-state index contributed by atoms with van der Waals surface area (Å²) in [7, 11) is 0. The molecule has 56 heavy (non-hydrogen) atoms. The Morgan fingerprint density at radius 2 is 0.768 bits per heavy atom. The molecule has 3 heterocycles. The van der Waals surface area contributed by atoms with Gasteiger partial charge in [-0.15, -0.1) is 0 Å². The summed E-state index contributed by atoms with van der Waals surface area (Å²) in [6.45, 7) is 0. The van der Waals surface area contributed by atoms with Crippen molar-refractivity contribution in [2.45, 2.75) is 0 Å². The molecule has 12 rings (SSSR count). The summed E-state index contributed by atoms with van der Waals surface area (Å²) in [5.74, 6) is 0.846. The first-order valence-electron chi connectivity index (χ1n) is 18.9. The molecule has 12 aromatic rings. The van der Waals surface area contributed by atoms with E-state index in [2.05, 4.69) is 169 Å². The second kappa shape index (κ2) is 12.0. The maximum atomic E-state index is 7.05. The van der Waals surface area contributed by atoms with Gasteiger partial charge in [0, 0.05) is 72.6 Å². The number of benzene rings is 9. The number of rotatable bonds is 5. The zero-order valence-corrected chi connectivity index (χ0v) is 30.1. The van der Waals surface area contributed by atoms with Gasteiger partial charge in [0.2, 0.25) is 0 Å². The van der Waals surface area contributed by atoms with Crippen molar-refractivity contribution in [3.63, 3.8) is 0 Å².